The number of carbonyl (C=O) groups excluding carboxylic acids is 1. The van der Waals surface area contributed by atoms with Crippen LogP contribution in [-0.4, -0.2) is 31.1 Å². The smallest absolute Gasteiger partial charge is 0.416 e. The minimum atomic E-state index is -4.46. The minimum Gasteiger partial charge on any atom is -0.497 e. The van der Waals surface area contributed by atoms with Crippen LogP contribution in [0.15, 0.2) is 42.5 Å². The molecule has 3 rings (SSSR count). The van der Waals surface area contributed by atoms with Gasteiger partial charge in [-0.1, -0.05) is 18.2 Å². The minimum absolute atomic E-state index is 0.0593. The zero-order valence-electron chi connectivity index (χ0n) is 15.0. The molecule has 0 saturated heterocycles. The average molecular weight is 379 g/mol. The van der Waals surface area contributed by atoms with Gasteiger partial charge in [0.15, 0.2) is 0 Å². The standard InChI is InChI=1S/C20H20F3NO3/c1-26-16-9-14(10-17(11-16)27-2)19(25)24(15-7-8-15)12-13-5-3-4-6-18(13)20(21,22)23/h3-6,9-11,15H,7-8,12H2,1-2H3. The summed E-state index contributed by atoms with van der Waals surface area (Å²) in [6.07, 6.45) is -2.91. The van der Waals surface area contributed by atoms with Gasteiger partial charge in [0.2, 0.25) is 0 Å². The lowest BCUT2D eigenvalue weighted by Gasteiger charge is -2.25. The van der Waals surface area contributed by atoms with Crippen LogP contribution in [0.4, 0.5) is 13.2 Å². The highest BCUT2D eigenvalue weighted by Gasteiger charge is 2.37. The van der Waals surface area contributed by atoms with E-state index in [0.29, 0.717) is 17.1 Å². The number of halogens is 3. The summed E-state index contributed by atoms with van der Waals surface area (Å²) in [6, 6.07) is 10.1. The zero-order valence-corrected chi connectivity index (χ0v) is 15.0. The monoisotopic (exact) mass is 379 g/mol. The van der Waals surface area contributed by atoms with Gasteiger partial charge in [-0.2, -0.15) is 13.2 Å². The molecule has 1 saturated carbocycles. The summed E-state index contributed by atoms with van der Waals surface area (Å²) in [7, 11) is 2.95. The molecule has 1 amide bonds. The van der Waals surface area contributed by atoms with Crippen LogP contribution in [0.25, 0.3) is 0 Å². The van der Waals surface area contributed by atoms with Crippen molar-refractivity contribution in [2.24, 2.45) is 0 Å². The maximum atomic E-state index is 13.3. The van der Waals surface area contributed by atoms with E-state index in [2.05, 4.69) is 0 Å². The second-order valence-electron chi connectivity index (χ2n) is 6.42. The molecule has 2 aromatic rings. The number of benzene rings is 2. The summed E-state index contributed by atoms with van der Waals surface area (Å²) in [4.78, 5) is 14.6. The first-order valence-corrected chi connectivity index (χ1v) is 8.52. The Morgan fingerprint density at radius 1 is 1.07 bits per heavy atom. The van der Waals surface area contributed by atoms with E-state index in [4.69, 9.17) is 9.47 Å². The molecule has 4 nitrogen and oxygen atoms in total. The molecule has 0 radical (unpaired) electrons. The normalized spacial score (nSPS) is 14.0. The van der Waals surface area contributed by atoms with Crippen molar-refractivity contribution in [2.45, 2.75) is 31.6 Å². The average Bonchev–Trinajstić information content (AvgIpc) is 3.49. The number of carbonyl (C=O) groups is 1. The molecule has 7 heteroatoms. The molecular formula is C20H20F3NO3. The van der Waals surface area contributed by atoms with Crippen LogP contribution in [0.1, 0.15) is 34.3 Å². The first-order chi connectivity index (χ1) is 12.8. The lowest BCUT2D eigenvalue weighted by Crippen LogP contribution is -2.33. The maximum absolute atomic E-state index is 13.3. The molecule has 0 aromatic heterocycles. The van der Waals surface area contributed by atoms with Gasteiger partial charge in [0.25, 0.3) is 5.91 Å². The molecule has 0 spiro atoms. The predicted molar refractivity (Wildman–Crippen MR) is 93.9 cm³/mol. The lowest BCUT2D eigenvalue weighted by molar-refractivity contribution is -0.138. The van der Waals surface area contributed by atoms with Crippen LogP contribution >= 0.6 is 0 Å². The van der Waals surface area contributed by atoms with Gasteiger partial charge in [0.05, 0.1) is 19.8 Å². The third-order valence-corrected chi connectivity index (χ3v) is 4.51. The molecule has 27 heavy (non-hydrogen) atoms. The highest BCUT2D eigenvalue weighted by Crippen LogP contribution is 2.36. The Morgan fingerprint density at radius 2 is 1.67 bits per heavy atom. The van der Waals surface area contributed by atoms with E-state index in [0.717, 1.165) is 18.9 Å². The number of methoxy groups -OCH3 is 2. The summed E-state index contributed by atoms with van der Waals surface area (Å²) in [6.45, 7) is -0.0985. The van der Waals surface area contributed by atoms with Crippen LogP contribution in [0.2, 0.25) is 0 Å². The van der Waals surface area contributed by atoms with Crippen molar-refractivity contribution in [3.8, 4) is 11.5 Å². The second-order valence-corrected chi connectivity index (χ2v) is 6.42. The van der Waals surface area contributed by atoms with E-state index in [1.807, 2.05) is 0 Å². The van der Waals surface area contributed by atoms with Gasteiger partial charge in [0.1, 0.15) is 11.5 Å². The maximum Gasteiger partial charge on any atom is 0.416 e. The van der Waals surface area contributed by atoms with E-state index in [1.165, 1.54) is 31.3 Å². The van der Waals surface area contributed by atoms with Crippen LogP contribution < -0.4 is 9.47 Å². The van der Waals surface area contributed by atoms with E-state index in [1.54, 1.807) is 24.3 Å². The molecule has 1 aliphatic rings. The SMILES string of the molecule is COc1cc(OC)cc(C(=O)N(Cc2ccccc2C(F)(F)F)C2CC2)c1. The molecule has 0 N–H and O–H groups in total. The molecule has 0 unspecified atom stereocenters. The summed E-state index contributed by atoms with van der Waals surface area (Å²) in [5.41, 5.74) is -0.311. The number of hydrogen-bond acceptors (Lipinski definition) is 3. The fourth-order valence-electron chi connectivity index (χ4n) is 2.97. The largest absolute Gasteiger partial charge is 0.497 e. The van der Waals surface area contributed by atoms with Gasteiger partial charge >= 0.3 is 6.18 Å². The van der Waals surface area contributed by atoms with Gasteiger partial charge in [0, 0.05) is 24.2 Å². The highest BCUT2D eigenvalue weighted by molar-refractivity contribution is 5.95. The van der Waals surface area contributed by atoms with Crippen LogP contribution in [0, 0.1) is 0 Å². The van der Waals surface area contributed by atoms with Crippen molar-refractivity contribution < 1.29 is 27.4 Å². The van der Waals surface area contributed by atoms with Gasteiger partial charge in [-0.15, -0.1) is 0 Å². The van der Waals surface area contributed by atoms with E-state index >= 15 is 0 Å². The molecule has 0 bridgehead atoms. The fraction of sp³-hybridized carbons (Fsp3) is 0.350. The quantitative estimate of drug-likeness (QED) is 0.740. The van der Waals surface area contributed by atoms with E-state index in [-0.39, 0.29) is 24.1 Å². The molecule has 1 fully saturated rings. The first kappa shape index (κ1) is 19.1. The Balaban J connectivity index is 1.93. The summed E-state index contributed by atoms with van der Waals surface area (Å²) in [5.74, 6) is 0.556. The molecule has 0 aliphatic heterocycles. The highest BCUT2D eigenvalue weighted by atomic mass is 19.4. The van der Waals surface area contributed by atoms with Crippen molar-refractivity contribution in [1.82, 2.24) is 4.90 Å². The molecular weight excluding hydrogens is 359 g/mol. The van der Waals surface area contributed by atoms with Crippen LogP contribution in [0.5, 0.6) is 11.5 Å². The van der Waals surface area contributed by atoms with E-state index < -0.39 is 11.7 Å². The lowest BCUT2D eigenvalue weighted by atomic mass is 10.1. The topological polar surface area (TPSA) is 38.8 Å². The number of rotatable bonds is 6. The Bertz CT molecular complexity index is 809. The number of ether oxygens (including phenoxy) is 2. The summed E-state index contributed by atoms with van der Waals surface area (Å²) >= 11 is 0. The Labute approximate surface area is 155 Å². The first-order valence-electron chi connectivity index (χ1n) is 8.52. The Kier molecular flexibility index (Phi) is 5.30. The van der Waals surface area contributed by atoms with Crippen LogP contribution in [0.3, 0.4) is 0 Å². The van der Waals surface area contributed by atoms with Gasteiger partial charge in [-0.05, 0) is 36.6 Å². The molecule has 0 heterocycles. The molecule has 2 aromatic carbocycles. The predicted octanol–water partition coefficient (Wildman–Crippen LogP) is 4.53. The summed E-state index contributed by atoms with van der Waals surface area (Å²) in [5, 5.41) is 0. The Hall–Kier alpha value is -2.70. The van der Waals surface area contributed by atoms with Crippen molar-refractivity contribution in [2.75, 3.05) is 14.2 Å². The molecule has 144 valence electrons. The van der Waals surface area contributed by atoms with Crippen LogP contribution in [-0.2, 0) is 12.7 Å². The number of amides is 1. The zero-order chi connectivity index (χ0) is 19.6. The summed E-state index contributed by atoms with van der Waals surface area (Å²) < 4.78 is 50.3. The van der Waals surface area contributed by atoms with Gasteiger partial charge < -0.3 is 14.4 Å². The fourth-order valence-corrected chi connectivity index (χ4v) is 2.97. The molecule has 0 atom stereocenters. The van der Waals surface area contributed by atoms with Crippen molar-refractivity contribution in [1.29, 1.82) is 0 Å². The molecule has 1 aliphatic carbocycles. The number of alkyl halides is 3. The van der Waals surface area contributed by atoms with Crippen molar-refractivity contribution >= 4 is 5.91 Å². The Morgan fingerprint density at radius 3 is 2.19 bits per heavy atom. The van der Waals surface area contributed by atoms with E-state index in [9.17, 15) is 18.0 Å². The van der Waals surface area contributed by atoms with Crippen molar-refractivity contribution in [3.05, 3.63) is 59.2 Å². The third kappa shape index (κ3) is 4.35. The second kappa shape index (κ2) is 7.50. The van der Waals surface area contributed by atoms with Gasteiger partial charge in [-0.3, -0.25) is 4.79 Å². The van der Waals surface area contributed by atoms with Gasteiger partial charge in [-0.25, -0.2) is 0 Å². The third-order valence-electron chi connectivity index (χ3n) is 4.51. The number of hydrogen-bond donors (Lipinski definition) is 0. The number of nitrogens with zero attached hydrogens (tertiary/aromatic N) is 1. The van der Waals surface area contributed by atoms with Crippen molar-refractivity contribution in [3.63, 3.8) is 0 Å².